The number of benzene rings is 3. The number of anilines is 2. The third-order valence-electron chi connectivity index (χ3n) is 5.69. The standard InChI is InChI=1S/C28H22F2N4O4/c1-38-28(37)19-7-8-24(22(29)13-19)33-26(35)17-4-2-3-16(11-17)21-12-18(5-6-20(21)14-31)27(36)34-25-9-10-32-15-23(25)30/h2-13,15H,14,31H2,1H3,(H,33,35)(H,32,34,36). The Morgan fingerprint density at radius 1 is 0.842 bits per heavy atom. The highest BCUT2D eigenvalue weighted by atomic mass is 19.1. The summed E-state index contributed by atoms with van der Waals surface area (Å²) in [5.41, 5.74) is 8.14. The van der Waals surface area contributed by atoms with Crippen LogP contribution < -0.4 is 16.4 Å². The van der Waals surface area contributed by atoms with Gasteiger partial charge in [0.05, 0.1) is 30.2 Å². The zero-order valence-electron chi connectivity index (χ0n) is 20.1. The number of hydrogen-bond donors (Lipinski definition) is 3. The minimum atomic E-state index is -0.799. The summed E-state index contributed by atoms with van der Waals surface area (Å²) < 4.78 is 33.0. The van der Waals surface area contributed by atoms with E-state index in [0.717, 1.165) is 12.3 Å². The molecular weight excluding hydrogens is 494 g/mol. The molecule has 38 heavy (non-hydrogen) atoms. The van der Waals surface area contributed by atoms with Crippen LogP contribution in [0.4, 0.5) is 20.2 Å². The number of carbonyl (C=O) groups is 3. The van der Waals surface area contributed by atoms with Gasteiger partial charge >= 0.3 is 5.97 Å². The van der Waals surface area contributed by atoms with Gasteiger partial charge in [-0.05, 0) is 65.2 Å². The number of amides is 2. The molecule has 0 aliphatic heterocycles. The number of carbonyl (C=O) groups excluding carboxylic acids is 3. The zero-order valence-corrected chi connectivity index (χ0v) is 20.1. The molecule has 3 aromatic carbocycles. The van der Waals surface area contributed by atoms with Gasteiger partial charge in [0, 0.05) is 23.9 Å². The van der Waals surface area contributed by atoms with E-state index in [0.29, 0.717) is 16.7 Å². The van der Waals surface area contributed by atoms with Gasteiger partial charge in [0.2, 0.25) is 0 Å². The van der Waals surface area contributed by atoms with Crippen molar-refractivity contribution in [1.82, 2.24) is 4.98 Å². The second kappa shape index (κ2) is 11.4. The van der Waals surface area contributed by atoms with E-state index in [4.69, 9.17) is 5.73 Å². The molecule has 0 saturated carbocycles. The van der Waals surface area contributed by atoms with Crippen LogP contribution in [0.5, 0.6) is 0 Å². The Bertz CT molecular complexity index is 1540. The Kier molecular flexibility index (Phi) is 7.83. The SMILES string of the molecule is COC(=O)c1ccc(NC(=O)c2cccc(-c3cc(C(=O)Nc4ccncc4F)ccc3CN)c2)c(F)c1. The highest BCUT2D eigenvalue weighted by Crippen LogP contribution is 2.27. The van der Waals surface area contributed by atoms with Gasteiger partial charge in [-0.25, -0.2) is 13.6 Å². The molecule has 0 unspecified atom stereocenters. The molecule has 1 aromatic heterocycles. The van der Waals surface area contributed by atoms with Crippen LogP contribution in [0, 0.1) is 11.6 Å². The van der Waals surface area contributed by atoms with Crippen LogP contribution in [0.2, 0.25) is 0 Å². The smallest absolute Gasteiger partial charge is 0.337 e. The van der Waals surface area contributed by atoms with E-state index in [1.165, 1.54) is 31.5 Å². The predicted molar refractivity (Wildman–Crippen MR) is 138 cm³/mol. The van der Waals surface area contributed by atoms with E-state index < -0.39 is 29.4 Å². The molecule has 0 saturated heterocycles. The van der Waals surface area contributed by atoms with Crippen LogP contribution in [0.1, 0.15) is 36.6 Å². The topological polar surface area (TPSA) is 123 Å². The molecule has 8 nitrogen and oxygen atoms in total. The number of ether oxygens (including phenoxy) is 1. The Hall–Kier alpha value is -4.96. The van der Waals surface area contributed by atoms with E-state index in [1.54, 1.807) is 42.5 Å². The summed E-state index contributed by atoms with van der Waals surface area (Å²) in [5.74, 6) is -3.30. The molecule has 10 heteroatoms. The Labute approximate surface area is 216 Å². The maximum atomic E-state index is 14.5. The number of nitrogens with zero attached hydrogens (tertiary/aromatic N) is 1. The fourth-order valence-corrected chi connectivity index (χ4v) is 3.72. The van der Waals surface area contributed by atoms with Gasteiger partial charge in [0.1, 0.15) is 5.82 Å². The van der Waals surface area contributed by atoms with Crippen molar-refractivity contribution in [3.8, 4) is 11.1 Å². The Balaban J connectivity index is 1.60. The first kappa shape index (κ1) is 26.1. The molecule has 0 aliphatic carbocycles. The predicted octanol–water partition coefficient (Wildman–Crippen LogP) is 4.78. The van der Waals surface area contributed by atoms with Gasteiger partial charge in [-0.2, -0.15) is 0 Å². The van der Waals surface area contributed by atoms with Crippen molar-refractivity contribution >= 4 is 29.2 Å². The monoisotopic (exact) mass is 516 g/mol. The van der Waals surface area contributed by atoms with Crippen molar-refractivity contribution in [1.29, 1.82) is 0 Å². The number of aromatic nitrogens is 1. The van der Waals surface area contributed by atoms with Gasteiger partial charge in [-0.15, -0.1) is 0 Å². The summed E-state index contributed by atoms with van der Waals surface area (Å²) in [5, 5.41) is 4.99. The molecule has 0 radical (unpaired) electrons. The molecule has 0 bridgehead atoms. The molecule has 0 atom stereocenters. The van der Waals surface area contributed by atoms with Crippen LogP contribution in [0.3, 0.4) is 0 Å². The van der Waals surface area contributed by atoms with Crippen LogP contribution in [0.15, 0.2) is 79.1 Å². The van der Waals surface area contributed by atoms with Crippen molar-refractivity contribution in [3.05, 3.63) is 113 Å². The van der Waals surface area contributed by atoms with Crippen molar-refractivity contribution in [2.75, 3.05) is 17.7 Å². The minimum Gasteiger partial charge on any atom is -0.465 e. The fourth-order valence-electron chi connectivity index (χ4n) is 3.72. The number of halogens is 2. The Morgan fingerprint density at radius 2 is 1.53 bits per heavy atom. The molecule has 0 aliphatic rings. The van der Waals surface area contributed by atoms with E-state index in [9.17, 15) is 23.2 Å². The van der Waals surface area contributed by atoms with E-state index in [2.05, 4.69) is 20.4 Å². The highest BCUT2D eigenvalue weighted by Gasteiger charge is 2.16. The van der Waals surface area contributed by atoms with Crippen molar-refractivity contribution < 1.29 is 27.9 Å². The number of rotatable bonds is 7. The zero-order chi connectivity index (χ0) is 27.2. The summed E-state index contributed by atoms with van der Waals surface area (Å²) in [6.45, 7) is 0.157. The van der Waals surface area contributed by atoms with E-state index >= 15 is 0 Å². The molecule has 2 amide bonds. The number of nitrogens with one attached hydrogen (secondary N) is 2. The number of pyridine rings is 1. The number of nitrogens with two attached hydrogens (primary N) is 1. The van der Waals surface area contributed by atoms with Crippen LogP contribution in [-0.4, -0.2) is 29.9 Å². The van der Waals surface area contributed by atoms with Gasteiger partial charge in [0.15, 0.2) is 5.82 Å². The quantitative estimate of drug-likeness (QED) is 0.304. The average molecular weight is 517 g/mol. The molecule has 4 rings (SSSR count). The first-order valence-corrected chi connectivity index (χ1v) is 11.3. The second-order valence-corrected chi connectivity index (χ2v) is 8.11. The third-order valence-corrected chi connectivity index (χ3v) is 5.69. The molecule has 4 aromatic rings. The van der Waals surface area contributed by atoms with Crippen molar-refractivity contribution in [2.45, 2.75) is 6.54 Å². The lowest BCUT2D eigenvalue weighted by Crippen LogP contribution is -2.14. The van der Waals surface area contributed by atoms with Crippen LogP contribution >= 0.6 is 0 Å². The maximum Gasteiger partial charge on any atom is 0.337 e. The number of hydrogen-bond acceptors (Lipinski definition) is 6. The molecule has 0 fully saturated rings. The van der Waals surface area contributed by atoms with Crippen molar-refractivity contribution in [3.63, 3.8) is 0 Å². The highest BCUT2D eigenvalue weighted by molar-refractivity contribution is 6.06. The lowest BCUT2D eigenvalue weighted by atomic mass is 9.95. The van der Waals surface area contributed by atoms with Gasteiger partial charge in [-0.1, -0.05) is 18.2 Å². The number of methoxy groups -OCH3 is 1. The fraction of sp³-hybridized carbons (Fsp3) is 0.0714. The minimum absolute atomic E-state index is 0.00917. The summed E-state index contributed by atoms with van der Waals surface area (Å²) in [7, 11) is 1.18. The molecule has 192 valence electrons. The van der Waals surface area contributed by atoms with Gasteiger partial charge < -0.3 is 21.1 Å². The van der Waals surface area contributed by atoms with Gasteiger partial charge in [-0.3, -0.25) is 14.6 Å². The first-order valence-electron chi connectivity index (χ1n) is 11.3. The summed E-state index contributed by atoms with van der Waals surface area (Å²) in [6.07, 6.45) is 2.35. The first-order chi connectivity index (χ1) is 18.3. The molecule has 0 spiro atoms. The van der Waals surface area contributed by atoms with Crippen LogP contribution in [0.25, 0.3) is 11.1 Å². The van der Waals surface area contributed by atoms with Crippen LogP contribution in [-0.2, 0) is 11.3 Å². The molecular formula is C28H22F2N4O4. The molecule has 4 N–H and O–H groups in total. The van der Waals surface area contributed by atoms with Crippen molar-refractivity contribution in [2.24, 2.45) is 5.73 Å². The normalized spacial score (nSPS) is 10.5. The molecule has 1 heterocycles. The third kappa shape index (κ3) is 5.71. The number of esters is 1. The lowest BCUT2D eigenvalue weighted by Gasteiger charge is -2.13. The lowest BCUT2D eigenvalue weighted by molar-refractivity contribution is 0.0600. The Morgan fingerprint density at radius 3 is 2.18 bits per heavy atom. The largest absolute Gasteiger partial charge is 0.465 e. The maximum absolute atomic E-state index is 14.5. The summed E-state index contributed by atoms with van der Waals surface area (Å²) in [6, 6.07) is 16.3. The summed E-state index contributed by atoms with van der Waals surface area (Å²) >= 11 is 0. The summed E-state index contributed by atoms with van der Waals surface area (Å²) in [4.78, 5) is 40.9. The van der Waals surface area contributed by atoms with E-state index in [-0.39, 0.29) is 34.6 Å². The van der Waals surface area contributed by atoms with Gasteiger partial charge in [0.25, 0.3) is 11.8 Å². The average Bonchev–Trinajstić information content (AvgIpc) is 2.94. The second-order valence-electron chi connectivity index (χ2n) is 8.11. The van der Waals surface area contributed by atoms with E-state index in [1.807, 2.05) is 0 Å².